The van der Waals surface area contributed by atoms with E-state index < -0.39 is 0 Å². The van der Waals surface area contributed by atoms with Crippen LogP contribution in [0.15, 0.2) is 48.5 Å². The summed E-state index contributed by atoms with van der Waals surface area (Å²) in [4.78, 5) is 15.9. The Bertz CT molecular complexity index is 1240. The highest BCUT2D eigenvalue weighted by Crippen LogP contribution is 2.42. The highest BCUT2D eigenvalue weighted by molar-refractivity contribution is 7.19. The fourth-order valence-electron chi connectivity index (χ4n) is 4.26. The maximum atomic E-state index is 14.2. The molecule has 31 heavy (non-hydrogen) atoms. The second kappa shape index (κ2) is 7.89. The van der Waals surface area contributed by atoms with Gasteiger partial charge in [0, 0.05) is 36.6 Å². The van der Waals surface area contributed by atoms with Crippen LogP contribution in [0.1, 0.15) is 10.7 Å². The van der Waals surface area contributed by atoms with E-state index in [9.17, 15) is 8.78 Å². The normalized spacial score (nSPS) is 14.5. The third kappa shape index (κ3) is 3.63. The zero-order valence-electron chi connectivity index (χ0n) is 17.4. The summed E-state index contributed by atoms with van der Waals surface area (Å²) in [5.41, 5.74) is 2.67. The second-order valence-corrected chi connectivity index (χ2v) is 8.94. The summed E-state index contributed by atoms with van der Waals surface area (Å²) in [7, 11) is 0. The number of aromatic nitrogens is 2. The number of para-hydroxylation sites is 1. The van der Waals surface area contributed by atoms with Crippen LogP contribution in [-0.2, 0) is 0 Å². The summed E-state index contributed by atoms with van der Waals surface area (Å²) in [5, 5.41) is 1.01. The van der Waals surface area contributed by atoms with Crippen LogP contribution in [0.5, 0.6) is 0 Å². The van der Waals surface area contributed by atoms with Crippen molar-refractivity contribution in [3.8, 4) is 11.1 Å². The molecule has 0 spiro atoms. The summed E-state index contributed by atoms with van der Waals surface area (Å²) in [6.07, 6.45) is 0. The highest BCUT2D eigenvalue weighted by Gasteiger charge is 2.25. The number of rotatable bonds is 3. The minimum Gasteiger partial charge on any atom is -0.366 e. The number of hydrogen-bond donors (Lipinski definition) is 0. The van der Waals surface area contributed by atoms with Crippen molar-refractivity contribution in [1.29, 1.82) is 0 Å². The van der Waals surface area contributed by atoms with Crippen LogP contribution in [0.25, 0.3) is 21.3 Å². The molecule has 0 atom stereocenters. The maximum Gasteiger partial charge on any atom is 0.146 e. The average molecular weight is 437 g/mol. The molecule has 7 heteroatoms. The standard InChI is InChI=1S/C24H22F2N4S/c1-15-21(17-7-9-18(25)10-8-17)22-23(27-16(2)28-24(22)31-15)30-13-11-29(12-14-30)20-6-4-3-5-19(20)26/h3-10H,11-14H2,1-2H3. The van der Waals surface area contributed by atoms with Crippen LogP contribution in [0, 0.1) is 25.5 Å². The van der Waals surface area contributed by atoms with E-state index in [1.54, 1.807) is 17.4 Å². The number of benzene rings is 2. The van der Waals surface area contributed by atoms with Crippen LogP contribution in [0.4, 0.5) is 20.3 Å². The molecule has 2 aromatic heterocycles. The SMILES string of the molecule is Cc1nc(N2CCN(c3ccccc3F)CC2)c2c(-c3ccc(F)cc3)c(C)sc2n1. The van der Waals surface area contributed by atoms with E-state index in [0.717, 1.165) is 51.0 Å². The quantitative estimate of drug-likeness (QED) is 0.420. The van der Waals surface area contributed by atoms with Gasteiger partial charge in [0.2, 0.25) is 0 Å². The molecule has 0 aliphatic carbocycles. The van der Waals surface area contributed by atoms with Crippen LogP contribution >= 0.6 is 11.3 Å². The monoisotopic (exact) mass is 436 g/mol. The van der Waals surface area contributed by atoms with Gasteiger partial charge in [-0.1, -0.05) is 24.3 Å². The van der Waals surface area contributed by atoms with Gasteiger partial charge in [-0.3, -0.25) is 0 Å². The van der Waals surface area contributed by atoms with Gasteiger partial charge in [-0.15, -0.1) is 11.3 Å². The topological polar surface area (TPSA) is 32.3 Å². The molecule has 1 aliphatic rings. The van der Waals surface area contributed by atoms with Crippen molar-refractivity contribution in [1.82, 2.24) is 9.97 Å². The summed E-state index contributed by atoms with van der Waals surface area (Å²) in [5.74, 6) is 1.19. The Labute approximate surface area is 183 Å². The van der Waals surface area contributed by atoms with E-state index in [1.165, 1.54) is 18.2 Å². The Kier molecular flexibility index (Phi) is 5.06. The number of fused-ring (bicyclic) bond motifs is 1. The Morgan fingerprint density at radius 1 is 0.839 bits per heavy atom. The number of piperazine rings is 1. The highest BCUT2D eigenvalue weighted by atomic mass is 32.1. The first-order valence-corrected chi connectivity index (χ1v) is 11.1. The van der Waals surface area contributed by atoms with E-state index in [4.69, 9.17) is 4.98 Å². The second-order valence-electron chi connectivity index (χ2n) is 7.74. The molecule has 0 unspecified atom stereocenters. The summed E-state index contributed by atoms with van der Waals surface area (Å²) in [6.45, 7) is 6.86. The van der Waals surface area contributed by atoms with Crippen LogP contribution in [0.3, 0.4) is 0 Å². The third-order valence-electron chi connectivity index (χ3n) is 5.73. The van der Waals surface area contributed by atoms with Gasteiger partial charge in [0.05, 0.1) is 11.1 Å². The van der Waals surface area contributed by atoms with Gasteiger partial charge in [-0.2, -0.15) is 0 Å². The average Bonchev–Trinajstić information content (AvgIpc) is 3.10. The lowest BCUT2D eigenvalue weighted by molar-refractivity contribution is 0.596. The van der Waals surface area contributed by atoms with E-state index in [2.05, 4.69) is 21.7 Å². The zero-order valence-corrected chi connectivity index (χ0v) is 18.2. The van der Waals surface area contributed by atoms with Gasteiger partial charge in [0.1, 0.15) is 28.1 Å². The fraction of sp³-hybridized carbons (Fsp3) is 0.250. The Morgan fingerprint density at radius 3 is 2.23 bits per heavy atom. The van der Waals surface area contributed by atoms with Crippen LogP contribution in [0.2, 0.25) is 0 Å². The van der Waals surface area contributed by atoms with Crippen molar-refractivity contribution >= 4 is 33.1 Å². The number of aryl methyl sites for hydroxylation is 2. The van der Waals surface area contributed by atoms with Crippen molar-refractivity contribution in [2.45, 2.75) is 13.8 Å². The molecule has 0 N–H and O–H groups in total. The predicted octanol–water partition coefficient (Wildman–Crippen LogP) is 5.58. The van der Waals surface area contributed by atoms with Gasteiger partial charge >= 0.3 is 0 Å². The van der Waals surface area contributed by atoms with Crippen molar-refractivity contribution in [3.05, 3.63) is 70.9 Å². The largest absolute Gasteiger partial charge is 0.366 e. The molecule has 158 valence electrons. The molecule has 0 saturated carbocycles. The number of thiophene rings is 1. The van der Waals surface area contributed by atoms with Crippen LogP contribution in [-0.4, -0.2) is 36.1 Å². The molecular formula is C24H22F2N4S. The Morgan fingerprint density at radius 2 is 1.52 bits per heavy atom. The van der Waals surface area contributed by atoms with Gasteiger partial charge < -0.3 is 9.80 Å². The number of hydrogen-bond acceptors (Lipinski definition) is 5. The van der Waals surface area contributed by atoms with E-state index >= 15 is 0 Å². The smallest absolute Gasteiger partial charge is 0.146 e. The van der Waals surface area contributed by atoms with Crippen molar-refractivity contribution in [2.24, 2.45) is 0 Å². The molecule has 2 aromatic carbocycles. The van der Waals surface area contributed by atoms with E-state index in [1.807, 2.05) is 31.2 Å². The van der Waals surface area contributed by atoms with Gasteiger partial charge in [-0.25, -0.2) is 18.7 Å². The summed E-state index contributed by atoms with van der Waals surface area (Å²) in [6, 6.07) is 13.5. The molecule has 1 saturated heterocycles. The Balaban J connectivity index is 1.53. The molecule has 0 amide bonds. The first kappa shape index (κ1) is 19.9. The maximum absolute atomic E-state index is 14.2. The van der Waals surface area contributed by atoms with E-state index in [0.29, 0.717) is 18.8 Å². The predicted molar refractivity (Wildman–Crippen MR) is 123 cm³/mol. The molecule has 5 rings (SSSR count). The summed E-state index contributed by atoms with van der Waals surface area (Å²) < 4.78 is 27.7. The lowest BCUT2D eigenvalue weighted by Gasteiger charge is -2.37. The zero-order chi connectivity index (χ0) is 21.5. The fourth-order valence-corrected chi connectivity index (χ4v) is 5.34. The van der Waals surface area contributed by atoms with Crippen molar-refractivity contribution in [2.75, 3.05) is 36.0 Å². The minimum absolute atomic E-state index is 0.191. The van der Waals surface area contributed by atoms with Gasteiger partial charge in [-0.05, 0) is 43.7 Å². The minimum atomic E-state index is -0.252. The van der Waals surface area contributed by atoms with E-state index in [-0.39, 0.29) is 11.6 Å². The first-order chi connectivity index (χ1) is 15.0. The molecule has 4 aromatic rings. The molecule has 1 fully saturated rings. The molecule has 0 radical (unpaired) electrons. The molecule has 3 heterocycles. The first-order valence-electron chi connectivity index (χ1n) is 10.3. The third-order valence-corrected chi connectivity index (χ3v) is 6.72. The molecule has 4 nitrogen and oxygen atoms in total. The van der Waals surface area contributed by atoms with Crippen molar-refractivity contribution < 1.29 is 8.78 Å². The lowest BCUT2D eigenvalue weighted by atomic mass is 10.0. The molecule has 1 aliphatic heterocycles. The van der Waals surface area contributed by atoms with Gasteiger partial charge in [0.25, 0.3) is 0 Å². The molecular weight excluding hydrogens is 414 g/mol. The molecule has 0 bridgehead atoms. The number of anilines is 2. The van der Waals surface area contributed by atoms with Crippen LogP contribution < -0.4 is 9.80 Å². The Hall–Kier alpha value is -3.06. The van der Waals surface area contributed by atoms with Gasteiger partial charge in [0.15, 0.2) is 0 Å². The number of halogens is 2. The lowest BCUT2D eigenvalue weighted by Crippen LogP contribution is -2.47. The van der Waals surface area contributed by atoms with Crippen molar-refractivity contribution in [3.63, 3.8) is 0 Å². The summed E-state index contributed by atoms with van der Waals surface area (Å²) >= 11 is 1.64. The number of nitrogens with zero attached hydrogens (tertiary/aromatic N) is 4.